The highest BCUT2D eigenvalue weighted by Crippen LogP contribution is 2.42. The van der Waals surface area contributed by atoms with Crippen LogP contribution < -0.4 is 0 Å². The Morgan fingerprint density at radius 1 is 1.14 bits per heavy atom. The molecule has 1 N–H and O–H groups in total. The number of likely N-dealkylation sites (tertiary alicyclic amines) is 2. The summed E-state index contributed by atoms with van der Waals surface area (Å²) in [6, 6.07) is -0.141. The molecule has 2 saturated heterocycles. The first-order valence-corrected chi connectivity index (χ1v) is 8.34. The Kier molecular flexibility index (Phi) is 4.20. The number of nitrogens with zero attached hydrogens (tertiary/aromatic N) is 2. The molecule has 0 radical (unpaired) electrons. The van der Waals surface area contributed by atoms with Crippen LogP contribution in [0.3, 0.4) is 0 Å². The molecule has 1 aliphatic carbocycles. The van der Waals surface area contributed by atoms with Crippen LogP contribution in [0.4, 0.5) is 0 Å². The van der Waals surface area contributed by atoms with E-state index in [1.54, 1.807) is 0 Å². The maximum Gasteiger partial charge on any atom is 0.321 e. The molecule has 3 rings (SSSR count). The maximum absolute atomic E-state index is 12.5. The van der Waals surface area contributed by atoms with Gasteiger partial charge in [-0.15, -0.1) is 0 Å². The Morgan fingerprint density at radius 3 is 2.67 bits per heavy atom. The zero-order chi connectivity index (χ0) is 15.0. The van der Waals surface area contributed by atoms with Gasteiger partial charge in [0.2, 0.25) is 5.91 Å². The second-order valence-electron chi connectivity index (χ2n) is 7.00. The van der Waals surface area contributed by atoms with Gasteiger partial charge >= 0.3 is 5.97 Å². The summed E-state index contributed by atoms with van der Waals surface area (Å²) in [5.74, 6) is 0.115. The summed E-state index contributed by atoms with van der Waals surface area (Å²) in [5, 5.41) is 9.54. The zero-order valence-corrected chi connectivity index (χ0v) is 12.8. The van der Waals surface area contributed by atoms with Crippen LogP contribution >= 0.6 is 0 Å². The molecule has 1 amide bonds. The fourth-order valence-electron chi connectivity index (χ4n) is 4.63. The molecule has 0 aromatic carbocycles. The van der Waals surface area contributed by atoms with Crippen molar-refractivity contribution >= 4 is 11.9 Å². The minimum Gasteiger partial charge on any atom is -0.480 e. The van der Waals surface area contributed by atoms with Crippen LogP contribution in [0, 0.1) is 11.8 Å². The number of carboxylic acid groups (broad SMARTS) is 1. The van der Waals surface area contributed by atoms with Crippen molar-refractivity contribution in [2.75, 3.05) is 19.6 Å². The van der Waals surface area contributed by atoms with Crippen LogP contribution in [0.5, 0.6) is 0 Å². The van der Waals surface area contributed by atoms with Crippen molar-refractivity contribution in [1.29, 1.82) is 0 Å². The number of aliphatic carboxylic acids is 1. The minimum atomic E-state index is -0.746. The van der Waals surface area contributed by atoms with Gasteiger partial charge in [-0.3, -0.25) is 14.5 Å². The standard InChI is InChI=1S/C16H26N2O3/c1-11-5-2-3-8-18(11)14(19)10-17-9-12-6-4-7-13(12)15(17)16(20)21/h11-13,15H,2-10H2,1H3,(H,20,21). The maximum atomic E-state index is 12.5. The molecule has 5 nitrogen and oxygen atoms in total. The van der Waals surface area contributed by atoms with Gasteiger partial charge in [0.05, 0.1) is 6.54 Å². The fourth-order valence-corrected chi connectivity index (χ4v) is 4.63. The average molecular weight is 294 g/mol. The van der Waals surface area contributed by atoms with Gasteiger partial charge in [-0.25, -0.2) is 0 Å². The molecular weight excluding hydrogens is 268 g/mol. The number of hydrogen-bond acceptors (Lipinski definition) is 3. The smallest absolute Gasteiger partial charge is 0.321 e. The molecule has 21 heavy (non-hydrogen) atoms. The van der Waals surface area contributed by atoms with Gasteiger partial charge in [0.25, 0.3) is 0 Å². The third kappa shape index (κ3) is 2.80. The van der Waals surface area contributed by atoms with Crippen LogP contribution in [-0.2, 0) is 9.59 Å². The van der Waals surface area contributed by atoms with Gasteiger partial charge in [-0.2, -0.15) is 0 Å². The Balaban J connectivity index is 1.66. The summed E-state index contributed by atoms with van der Waals surface area (Å²) in [7, 11) is 0. The SMILES string of the molecule is CC1CCCCN1C(=O)CN1CC2CCCC2C1C(=O)O. The Bertz CT molecular complexity index is 426. The Morgan fingerprint density at radius 2 is 1.95 bits per heavy atom. The first kappa shape index (κ1) is 14.8. The van der Waals surface area contributed by atoms with Crippen molar-refractivity contribution in [2.45, 2.75) is 57.5 Å². The lowest BCUT2D eigenvalue weighted by Crippen LogP contribution is -2.49. The number of hydrogen-bond donors (Lipinski definition) is 1. The van der Waals surface area contributed by atoms with Gasteiger partial charge in [-0.1, -0.05) is 6.42 Å². The molecule has 0 bridgehead atoms. The van der Waals surface area contributed by atoms with Crippen LogP contribution in [0.15, 0.2) is 0 Å². The molecule has 0 aromatic rings. The van der Waals surface area contributed by atoms with E-state index in [1.807, 2.05) is 9.80 Å². The molecule has 5 heteroatoms. The summed E-state index contributed by atoms with van der Waals surface area (Å²) in [6.45, 7) is 4.01. The lowest BCUT2D eigenvalue weighted by atomic mass is 9.94. The highest BCUT2D eigenvalue weighted by Gasteiger charge is 2.48. The zero-order valence-electron chi connectivity index (χ0n) is 12.8. The van der Waals surface area contributed by atoms with Gasteiger partial charge in [0.15, 0.2) is 0 Å². The van der Waals surface area contributed by atoms with Crippen molar-refractivity contribution < 1.29 is 14.7 Å². The topological polar surface area (TPSA) is 60.9 Å². The van der Waals surface area contributed by atoms with E-state index in [1.165, 1.54) is 6.42 Å². The van der Waals surface area contributed by atoms with Crippen molar-refractivity contribution in [3.8, 4) is 0 Å². The molecule has 2 aliphatic heterocycles. The summed E-state index contributed by atoms with van der Waals surface area (Å²) in [6.07, 6.45) is 6.61. The summed E-state index contributed by atoms with van der Waals surface area (Å²) >= 11 is 0. The molecule has 2 heterocycles. The van der Waals surface area contributed by atoms with E-state index in [-0.39, 0.29) is 18.4 Å². The highest BCUT2D eigenvalue weighted by molar-refractivity contribution is 5.81. The Labute approximate surface area is 126 Å². The molecular formula is C16H26N2O3. The van der Waals surface area contributed by atoms with Gasteiger partial charge in [-0.05, 0) is 50.9 Å². The van der Waals surface area contributed by atoms with E-state index in [2.05, 4.69) is 6.92 Å². The van der Waals surface area contributed by atoms with E-state index in [9.17, 15) is 14.7 Å². The first-order chi connectivity index (χ1) is 10.1. The van der Waals surface area contributed by atoms with Gasteiger partial charge in [0, 0.05) is 19.1 Å². The predicted octanol–water partition coefficient (Wildman–Crippen LogP) is 1.57. The lowest BCUT2D eigenvalue weighted by Gasteiger charge is -2.35. The highest BCUT2D eigenvalue weighted by atomic mass is 16.4. The third-order valence-electron chi connectivity index (χ3n) is 5.70. The van der Waals surface area contributed by atoms with Crippen molar-refractivity contribution in [3.05, 3.63) is 0 Å². The van der Waals surface area contributed by atoms with Crippen molar-refractivity contribution in [3.63, 3.8) is 0 Å². The van der Waals surface area contributed by atoms with Gasteiger partial charge < -0.3 is 10.0 Å². The van der Waals surface area contributed by atoms with E-state index in [0.717, 1.165) is 45.2 Å². The number of carbonyl (C=O) groups excluding carboxylic acids is 1. The lowest BCUT2D eigenvalue weighted by molar-refractivity contribution is -0.145. The quantitative estimate of drug-likeness (QED) is 0.858. The molecule has 4 unspecified atom stereocenters. The van der Waals surface area contributed by atoms with Crippen LogP contribution in [0.25, 0.3) is 0 Å². The third-order valence-corrected chi connectivity index (χ3v) is 5.70. The average Bonchev–Trinajstić information content (AvgIpc) is 2.98. The first-order valence-electron chi connectivity index (χ1n) is 8.34. The molecule has 3 aliphatic rings. The van der Waals surface area contributed by atoms with E-state index < -0.39 is 12.0 Å². The number of rotatable bonds is 3. The molecule has 3 fully saturated rings. The molecule has 0 spiro atoms. The normalized spacial score (nSPS) is 36.7. The van der Waals surface area contributed by atoms with Crippen molar-refractivity contribution in [1.82, 2.24) is 9.80 Å². The Hall–Kier alpha value is -1.10. The van der Waals surface area contributed by atoms with Crippen LogP contribution in [0.2, 0.25) is 0 Å². The van der Waals surface area contributed by atoms with E-state index >= 15 is 0 Å². The molecule has 1 saturated carbocycles. The predicted molar refractivity (Wildman–Crippen MR) is 78.9 cm³/mol. The van der Waals surface area contributed by atoms with E-state index in [4.69, 9.17) is 0 Å². The fraction of sp³-hybridized carbons (Fsp3) is 0.875. The van der Waals surface area contributed by atoms with Crippen LogP contribution in [-0.4, -0.2) is 58.5 Å². The molecule has 118 valence electrons. The second kappa shape index (κ2) is 5.95. The summed E-state index contributed by atoms with van der Waals surface area (Å²) < 4.78 is 0. The number of carboxylic acids is 1. The molecule has 4 atom stereocenters. The summed E-state index contributed by atoms with van der Waals surface area (Å²) in [4.78, 5) is 28.0. The second-order valence-corrected chi connectivity index (χ2v) is 7.00. The number of amides is 1. The minimum absolute atomic E-state index is 0.119. The monoisotopic (exact) mass is 294 g/mol. The van der Waals surface area contributed by atoms with Crippen LogP contribution in [0.1, 0.15) is 45.4 Å². The number of carbonyl (C=O) groups is 2. The summed E-state index contributed by atoms with van der Waals surface area (Å²) in [5.41, 5.74) is 0. The largest absolute Gasteiger partial charge is 0.480 e. The number of piperidine rings is 1. The number of fused-ring (bicyclic) bond motifs is 1. The van der Waals surface area contributed by atoms with Crippen molar-refractivity contribution in [2.24, 2.45) is 11.8 Å². The van der Waals surface area contributed by atoms with E-state index in [0.29, 0.717) is 12.0 Å². The van der Waals surface area contributed by atoms with Gasteiger partial charge in [0.1, 0.15) is 6.04 Å². The molecule has 0 aromatic heterocycles.